The first-order chi connectivity index (χ1) is 5.52. The van der Waals surface area contributed by atoms with Gasteiger partial charge >= 0.3 is 6.18 Å². The van der Waals surface area contributed by atoms with E-state index in [-0.39, 0.29) is 6.42 Å². The number of halogens is 3. The molecular weight excluding hydrogens is 167 g/mol. The minimum Gasteiger partial charge on any atom is -0.306 e. The van der Waals surface area contributed by atoms with E-state index in [2.05, 4.69) is 11.9 Å². The Balaban J connectivity index is 3.94. The van der Waals surface area contributed by atoms with Gasteiger partial charge in [-0.1, -0.05) is 13.0 Å². The lowest BCUT2D eigenvalue weighted by Gasteiger charge is -2.19. The quantitative estimate of drug-likeness (QED) is 0.642. The number of hydrogen-bond acceptors (Lipinski definition) is 1. The van der Waals surface area contributed by atoms with E-state index >= 15 is 0 Å². The average Bonchev–Trinajstić information content (AvgIpc) is 1.95. The molecule has 0 aromatic heterocycles. The van der Waals surface area contributed by atoms with Crippen molar-refractivity contribution >= 4 is 0 Å². The van der Waals surface area contributed by atoms with Crippen molar-refractivity contribution in [1.29, 1.82) is 0 Å². The van der Waals surface area contributed by atoms with Gasteiger partial charge in [-0.05, 0) is 19.4 Å². The highest BCUT2D eigenvalue weighted by Gasteiger charge is 2.37. The molecule has 0 aliphatic heterocycles. The summed E-state index contributed by atoms with van der Waals surface area (Å²) in [6.45, 7) is 5.50. The molecule has 1 atom stereocenters. The molecule has 0 saturated heterocycles. The van der Waals surface area contributed by atoms with Crippen LogP contribution in [0.5, 0.6) is 0 Å². The van der Waals surface area contributed by atoms with Crippen molar-refractivity contribution in [3.05, 3.63) is 12.7 Å². The number of nitrogens with one attached hydrogen (secondary N) is 1. The molecule has 0 aliphatic rings. The van der Waals surface area contributed by atoms with Crippen LogP contribution in [0, 0.1) is 0 Å². The monoisotopic (exact) mass is 181 g/mol. The van der Waals surface area contributed by atoms with Gasteiger partial charge < -0.3 is 5.32 Å². The van der Waals surface area contributed by atoms with Crippen LogP contribution in [0.25, 0.3) is 0 Å². The van der Waals surface area contributed by atoms with Gasteiger partial charge in [0.05, 0.1) is 0 Å². The Morgan fingerprint density at radius 2 is 2.08 bits per heavy atom. The van der Waals surface area contributed by atoms with Crippen LogP contribution < -0.4 is 5.32 Å². The molecule has 1 N–H and O–H groups in total. The normalized spacial score (nSPS) is 14.3. The minimum absolute atomic E-state index is 0.0660. The zero-order valence-electron chi connectivity index (χ0n) is 7.12. The van der Waals surface area contributed by atoms with Crippen LogP contribution >= 0.6 is 0 Å². The highest BCUT2D eigenvalue weighted by atomic mass is 19.4. The second-order valence-corrected chi connectivity index (χ2v) is 2.57. The van der Waals surface area contributed by atoms with Crippen LogP contribution in [0.2, 0.25) is 0 Å². The van der Waals surface area contributed by atoms with Crippen LogP contribution in [0.1, 0.15) is 19.8 Å². The summed E-state index contributed by atoms with van der Waals surface area (Å²) in [6, 6.07) is -1.44. The van der Waals surface area contributed by atoms with Crippen molar-refractivity contribution in [2.45, 2.75) is 32.0 Å². The molecule has 12 heavy (non-hydrogen) atoms. The van der Waals surface area contributed by atoms with E-state index in [0.717, 1.165) is 0 Å². The van der Waals surface area contributed by atoms with E-state index in [1.54, 1.807) is 0 Å². The standard InChI is InChI=1S/C8H14F3N/c1-3-5-7(8(9,10)11)12-6-4-2/h3,7,12H,1,4-6H2,2H3. The van der Waals surface area contributed by atoms with Gasteiger partial charge in [0.15, 0.2) is 0 Å². The Morgan fingerprint density at radius 1 is 1.50 bits per heavy atom. The molecule has 0 rings (SSSR count). The molecule has 72 valence electrons. The molecule has 0 aliphatic carbocycles. The molecule has 1 nitrogen and oxygen atoms in total. The van der Waals surface area contributed by atoms with Crippen LogP contribution in [0.4, 0.5) is 13.2 Å². The van der Waals surface area contributed by atoms with Gasteiger partial charge in [0.25, 0.3) is 0 Å². The molecule has 0 spiro atoms. The first-order valence-corrected chi connectivity index (χ1v) is 3.93. The zero-order valence-corrected chi connectivity index (χ0v) is 7.12. The van der Waals surface area contributed by atoms with Crippen LogP contribution in [-0.4, -0.2) is 18.8 Å². The highest BCUT2D eigenvalue weighted by Crippen LogP contribution is 2.22. The van der Waals surface area contributed by atoms with Crippen molar-refractivity contribution < 1.29 is 13.2 Å². The van der Waals surface area contributed by atoms with Crippen molar-refractivity contribution in [2.24, 2.45) is 0 Å². The van der Waals surface area contributed by atoms with Gasteiger partial charge in [-0.3, -0.25) is 0 Å². The van der Waals surface area contributed by atoms with Crippen LogP contribution in [-0.2, 0) is 0 Å². The third-order valence-corrected chi connectivity index (χ3v) is 1.44. The average molecular weight is 181 g/mol. The fraction of sp³-hybridized carbons (Fsp3) is 0.750. The van der Waals surface area contributed by atoms with Gasteiger partial charge in [0, 0.05) is 0 Å². The third kappa shape index (κ3) is 4.38. The summed E-state index contributed by atoms with van der Waals surface area (Å²) in [5.41, 5.74) is 0. The summed E-state index contributed by atoms with van der Waals surface area (Å²) >= 11 is 0. The summed E-state index contributed by atoms with van der Waals surface area (Å²) in [5.74, 6) is 0. The minimum atomic E-state index is -4.16. The van der Waals surface area contributed by atoms with E-state index in [1.165, 1.54) is 6.08 Å². The molecule has 0 saturated carbocycles. The maximum atomic E-state index is 12.1. The molecule has 0 aromatic carbocycles. The molecular formula is C8H14F3N. The summed E-state index contributed by atoms with van der Waals surface area (Å²) in [5, 5.41) is 2.41. The molecule has 0 radical (unpaired) electrons. The van der Waals surface area contributed by atoms with E-state index in [1.807, 2.05) is 6.92 Å². The molecule has 0 fully saturated rings. The lowest BCUT2D eigenvalue weighted by Crippen LogP contribution is -2.42. The second-order valence-electron chi connectivity index (χ2n) is 2.57. The van der Waals surface area contributed by atoms with Gasteiger partial charge in [0.2, 0.25) is 0 Å². The van der Waals surface area contributed by atoms with Crippen molar-refractivity contribution in [3.8, 4) is 0 Å². The van der Waals surface area contributed by atoms with Gasteiger partial charge in [-0.25, -0.2) is 0 Å². The Hall–Kier alpha value is -0.510. The van der Waals surface area contributed by atoms with Gasteiger partial charge in [-0.2, -0.15) is 13.2 Å². The Kier molecular flexibility index (Phi) is 4.97. The van der Waals surface area contributed by atoms with Gasteiger partial charge in [-0.15, -0.1) is 6.58 Å². The maximum Gasteiger partial charge on any atom is 0.404 e. The molecule has 0 aromatic rings. The predicted octanol–water partition coefficient (Wildman–Crippen LogP) is 2.49. The molecule has 0 bridgehead atoms. The summed E-state index contributed by atoms with van der Waals surface area (Å²) in [6.07, 6.45) is -2.25. The second kappa shape index (κ2) is 5.19. The van der Waals surface area contributed by atoms with Crippen molar-refractivity contribution in [1.82, 2.24) is 5.32 Å². The largest absolute Gasteiger partial charge is 0.404 e. The smallest absolute Gasteiger partial charge is 0.306 e. The topological polar surface area (TPSA) is 12.0 Å². The molecule has 0 heterocycles. The molecule has 0 amide bonds. The fourth-order valence-electron chi connectivity index (χ4n) is 0.818. The first-order valence-electron chi connectivity index (χ1n) is 3.93. The number of alkyl halides is 3. The fourth-order valence-corrected chi connectivity index (χ4v) is 0.818. The van der Waals surface area contributed by atoms with Crippen molar-refractivity contribution in [3.63, 3.8) is 0 Å². The van der Waals surface area contributed by atoms with Crippen LogP contribution in [0.3, 0.4) is 0 Å². The SMILES string of the molecule is C=CCC(NCCC)C(F)(F)F. The summed E-state index contributed by atoms with van der Waals surface area (Å²) in [4.78, 5) is 0. The summed E-state index contributed by atoms with van der Waals surface area (Å²) in [7, 11) is 0. The Bertz CT molecular complexity index is 131. The van der Waals surface area contributed by atoms with Gasteiger partial charge in [0.1, 0.15) is 6.04 Å². The lowest BCUT2D eigenvalue weighted by atomic mass is 10.2. The Labute approximate surface area is 70.7 Å². The highest BCUT2D eigenvalue weighted by molar-refractivity contribution is 4.83. The Morgan fingerprint density at radius 3 is 2.42 bits per heavy atom. The maximum absolute atomic E-state index is 12.1. The molecule has 1 unspecified atom stereocenters. The third-order valence-electron chi connectivity index (χ3n) is 1.44. The number of rotatable bonds is 5. The molecule has 4 heteroatoms. The zero-order chi connectivity index (χ0) is 9.61. The van der Waals surface area contributed by atoms with E-state index in [0.29, 0.717) is 13.0 Å². The van der Waals surface area contributed by atoms with E-state index in [9.17, 15) is 13.2 Å². The predicted molar refractivity (Wildman–Crippen MR) is 43.0 cm³/mol. The lowest BCUT2D eigenvalue weighted by molar-refractivity contribution is -0.154. The van der Waals surface area contributed by atoms with E-state index < -0.39 is 12.2 Å². The first kappa shape index (κ1) is 11.5. The van der Waals surface area contributed by atoms with Crippen molar-refractivity contribution in [2.75, 3.05) is 6.54 Å². The summed E-state index contributed by atoms with van der Waals surface area (Å²) < 4.78 is 36.4. The number of hydrogen-bond donors (Lipinski definition) is 1. The van der Waals surface area contributed by atoms with Crippen LogP contribution in [0.15, 0.2) is 12.7 Å². The van der Waals surface area contributed by atoms with E-state index in [4.69, 9.17) is 0 Å².